The first-order valence-electron chi connectivity index (χ1n) is 3.96. The summed E-state index contributed by atoms with van der Waals surface area (Å²) in [5.74, 6) is 0. The van der Waals surface area contributed by atoms with Gasteiger partial charge < -0.3 is 0 Å². The van der Waals surface area contributed by atoms with Crippen LogP contribution in [0.3, 0.4) is 0 Å². The molecule has 86 valence electrons. The minimum atomic E-state index is -0.472. The molecule has 0 radical (unpaired) electrons. The Balaban J connectivity index is 0. The molecular weight excluding hydrogens is 414 g/mol. The molecule has 0 aliphatic heterocycles. The topological polar surface area (TPSA) is 36.7 Å². The fourth-order valence-electron chi connectivity index (χ4n) is 0.426. The van der Waals surface area contributed by atoms with Gasteiger partial charge in [-0.05, 0) is 26.0 Å². The van der Waals surface area contributed by atoms with Gasteiger partial charge in [0.1, 0.15) is 0 Å². The third-order valence-electron chi connectivity index (χ3n) is 1.14. The van der Waals surface area contributed by atoms with Gasteiger partial charge in [-0.1, -0.05) is 12.2 Å². The van der Waals surface area contributed by atoms with E-state index < -0.39 is 16.5 Å². The molecule has 0 amide bonds. The van der Waals surface area contributed by atoms with E-state index in [9.17, 15) is 0 Å². The van der Waals surface area contributed by atoms with Gasteiger partial charge in [-0.15, -0.1) is 0 Å². The van der Waals surface area contributed by atoms with Crippen molar-refractivity contribution in [1.82, 2.24) is 4.98 Å². The van der Waals surface area contributed by atoms with Gasteiger partial charge in [-0.25, -0.2) is 0 Å². The number of nitriles is 1. The number of hydrogen-bond acceptors (Lipinski definition) is 2. The average Bonchev–Trinajstić information content (AvgIpc) is 2.31. The first-order valence-corrected chi connectivity index (χ1v) is 9.59. The summed E-state index contributed by atoms with van der Waals surface area (Å²) in [6, 6.07) is 5.32. The van der Waals surface area contributed by atoms with E-state index in [1.165, 1.54) is 0 Å². The Morgan fingerprint density at radius 1 is 1.27 bits per heavy atom. The van der Waals surface area contributed by atoms with Crippen LogP contribution in [0.25, 0.3) is 0 Å². The maximum atomic E-state index is 8.26. The van der Waals surface area contributed by atoms with Crippen LogP contribution in [0.2, 0.25) is 0 Å². The summed E-state index contributed by atoms with van der Waals surface area (Å²) in [5.41, 5.74) is 0.653. The second kappa shape index (κ2) is 16.1. The van der Waals surface area contributed by atoms with Crippen LogP contribution in [0.4, 0.5) is 0 Å². The number of nitrogens with zero attached hydrogens (tertiary/aromatic N) is 2. The molecule has 1 heterocycles. The Labute approximate surface area is 107 Å². The number of rotatable bonds is 0. The summed E-state index contributed by atoms with van der Waals surface area (Å²) >= 11 is -0.472. The Morgan fingerprint density at radius 3 is 1.87 bits per heavy atom. The van der Waals surface area contributed by atoms with Crippen LogP contribution in [0.5, 0.6) is 0 Å². The second-order valence-corrected chi connectivity index (χ2v) is 5.34. The van der Waals surface area contributed by atoms with E-state index >= 15 is 0 Å². The van der Waals surface area contributed by atoms with Gasteiger partial charge in [0.2, 0.25) is 0 Å². The number of hydrogen-bond donors (Lipinski definition) is 0. The van der Waals surface area contributed by atoms with Gasteiger partial charge >= 0.3 is 35.3 Å². The van der Waals surface area contributed by atoms with Crippen molar-refractivity contribution in [2.75, 3.05) is 0 Å². The van der Waals surface area contributed by atoms with E-state index in [-0.39, 0.29) is 0 Å². The van der Waals surface area contributed by atoms with Gasteiger partial charge in [-0.2, -0.15) is 5.26 Å². The fourth-order valence-corrected chi connectivity index (χ4v) is 0.426. The van der Waals surface area contributed by atoms with Crippen LogP contribution in [0, 0.1) is 11.3 Å². The van der Waals surface area contributed by atoms with Crippen molar-refractivity contribution in [2.45, 2.75) is 13.8 Å². The molecule has 0 fully saturated rings. The molecule has 0 unspecified atom stereocenters. The third-order valence-corrected chi connectivity index (χ3v) is 1.14. The predicted molar refractivity (Wildman–Crippen MR) is 61.1 cm³/mol. The van der Waals surface area contributed by atoms with Crippen LogP contribution in [-0.4, -0.2) is 4.98 Å². The maximum absolute atomic E-state index is 8.26. The molecule has 15 heavy (non-hydrogen) atoms. The Kier molecular flexibility index (Phi) is 18.3. The predicted octanol–water partition coefficient (Wildman–Crippen LogP) is 3.91. The van der Waals surface area contributed by atoms with E-state index in [0.29, 0.717) is 5.56 Å². The van der Waals surface area contributed by atoms with E-state index in [0.717, 1.165) is 0 Å². The van der Waals surface area contributed by atoms with Gasteiger partial charge in [-0.3, -0.25) is 4.98 Å². The quantitative estimate of drug-likeness (QED) is 0.590. The monoisotopic (exact) mass is 425 g/mol. The molecule has 0 aromatic carbocycles. The van der Waals surface area contributed by atoms with Crippen molar-refractivity contribution >= 4 is 18.8 Å². The number of halogens is 2. The normalized spacial score (nSPS) is 8.20. The molecule has 0 atom stereocenters. The summed E-state index contributed by atoms with van der Waals surface area (Å²) in [6.45, 7) is 4.00. The first kappa shape index (κ1) is 17.1. The van der Waals surface area contributed by atoms with Crippen molar-refractivity contribution in [3.05, 3.63) is 42.2 Å². The summed E-state index contributed by atoms with van der Waals surface area (Å²) in [4.78, 5) is 3.74. The van der Waals surface area contributed by atoms with Crippen LogP contribution in [0.15, 0.2) is 36.7 Å². The van der Waals surface area contributed by atoms with Gasteiger partial charge in [0.15, 0.2) is 0 Å². The first-order chi connectivity index (χ1) is 7.26. The summed E-state index contributed by atoms with van der Waals surface area (Å²) in [6.07, 6.45) is 7.19. The Hall–Kier alpha value is -0.352. The molecule has 0 aliphatic carbocycles. The zero-order valence-corrected chi connectivity index (χ0v) is 12.2. The zero-order chi connectivity index (χ0) is 11.9. The van der Waals surface area contributed by atoms with Crippen molar-refractivity contribution in [3.63, 3.8) is 0 Å². The molecule has 5 heteroatoms. The molecule has 0 saturated carbocycles. The molecule has 0 aliphatic rings. The zero-order valence-electron chi connectivity index (χ0n) is 8.43. The summed E-state index contributed by atoms with van der Waals surface area (Å²) < 4.78 is 0. The van der Waals surface area contributed by atoms with E-state index in [2.05, 4.69) is 4.98 Å². The van der Waals surface area contributed by atoms with Crippen molar-refractivity contribution < 1.29 is 16.5 Å². The van der Waals surface area contributed by atoms with Gasteiger partial charge in [0.25, 0.3) is 0 Å². The van der Waals surface area contributed by atoms with Crippen LogP contribution in [0.1, 0.15) is 19.4 Å². The number of allylic oxidation sites excluding steroid dienone is 2. The van der Waals surface area contributed by atoms with Crippen molar-refractivity contribution in [2.24, 2.45) is 0 Å². The van der Waals surface area contributed by atoms with Crippen molar-refractivity contribution in [1.29, 1.82) is 5.26 Å². The molecule has 1 aromatic rings. The molecule has 0 saturated heterocycles. The molecule has 2 nitrogen and oxygen atoms in total. The standard InChI is InChI=1S/C6H4N2.C4H8.2ClH.Pt/c7-5-6-1-3-8-4-2-6;1-3-4-2;;;/h1-4H;3-4H,1-2H3;2*1H;/q;;;;+2/p-2. The van der Waals surface area contributed by atoms with Gasteiger partial charge in [0.05, 0.1) is 11.6 Å². The Morgan fingerprint density at radius 2 is 1.67 bits per heavy atom. The van der Waals surface area contributed by atoms with Crippen LogP contribution < -0.4 is 0 Å². The summed E-state index contributed by atoms with van der Waals surface area (Å²) in [7, 11) is 9.75. The SMILES string of the molecule is CC=CC.N#Cc1ccncc1.[Cl][Pt][Cl]. The van der Waals surface area contributed by atoms with Crippen LogP contribution in [-0.2, 0) is 16.5 Å². The van der Waals surface area contributed by atoms with E-state index in [4.69, 9.17) is 24.1 Å². The molecule has 1 rings (SSSR count). The number of pyridine rings is 1. The molecule has 0 spiro atoms. The minimum absolute atomic E-state index is 0.472. The molecule has 1 aromatic heterocycles. The Bertz CT molecular complexity index is 279. The molecule has 0 bridgehead atoms. The third kappa shape index (κ3) is 16.3. The average molecular weight is 426 g/mol. The van der Waals surface area contributed by atoms with Crippen molar-refractivity contribution in [3.8, 4) is 6.07 Å². The molecule has 0 N–H and O–H groups in total. The number of aromatic nitrogens is 1. The van der Waals surface area contributed by atoms with Gasteiger partial charge in [0, 0.05) is 12.4 Å². The second-order valence-electron chi connectivity index (χ2n) is 2.06. The summed E-state index contributed by atoms with van der Waals surface area (Å²) in [5, 5.41) is 8.26. The molecular formula is C10H12Cl2N2Pt. The fraction of sp³-hybridized carbons (Fsp3) is 0.200. The van der Waals surface area contributed by atoms with Crippen LogP contribution >= 0.6 is 18.8 Å². The van der Waals surface area contributed by atoms with E-state index in [1.54, 1.807) is 24.5 Å². The van der Waals surface area contributed by atoms with E-state index in [1.807, 2.05) is 32.1 Å².